The second kappa shape index (κ2) is 6.55. The Morgan fingerprint density at radius 2 is 2.00 bits per heavy atom. The zero-order chi connectivity index (χ0) is 19.3. The van der Waals surface area contributed by atoms with Gasteiger partial charge >= 0.3 is 0 Å². The van der Waals surface area contributed by atoms with Crippen molar-refractivity contribution in [1.82, 2.24) is 19.2 Å². The third kappa shape index (κ3) is 2.76. The van der Waals surface area contributed by atoms with E-state index in [2.05, 4.69) is 18.9 Å². The molecule has 7 nitrogen and oxygen atoms in total. The fourth-order valence-electron chi connectivity index (χ4n) is 4.48. The van der Waals surface area contributed by atoms with Crippen molar-refractivity contribution >= 4 is 27.9 Å². The predicted molar refractivity (Wildman–Crippen MR) is 104 cm³/mol. The number of hydrogen-bond donors (Lipinski definition) is 0. The first-order valence-corrected chi connectivity index (χ1v) is 9.72. The van der Waals surface area contributed by atoms with Crippen molar-refractivity contribution in [2.75, 3.05) is 0 Å². The molecule has 0 saturated carbocycles. The summed E-state index contributed by atoms with van der Waals surface area (Å²) in [6.45, 7) is 8.65. The quantitative estimate of drug-likeness (QED) is 0.710. The molecule has 1 amide bonds. The molecule has 144 valence electrons. The Bertz CT molecular complexity index is 1060. The van der Waals surface area contributed by atoms with Crippen LogP contribution in [-0.4, -0.2) is 37.2 Å². The lowest BCUT2D eigenvalue weighted by molar-refractivity contribution is -0.138. The number of piperidine rings is 1. The van der Waals surface area contributed by atoms with Gasteiger partial charge in [-0.2, -0.15) is 5.10 Å². The molecule has 0 spiro atoms. The summed E-state index contributed by atoms with van der Waals surface area (Å²) >= 11 is 0. The molecular weight excluding hydrogens is 344 g/mol. The minimum atomic E-state index is -0.246. The molecular formula is C20H26N4O3. The Labute approximate surface area is 157 Å². The summed E-state index contributed by atoms with van der Waals surface area (Å²) in [6.07, 6.45) is 4.79. The number of furan rings is 1. The highest BCUT2D eigenvalue weighted by molar-refractivity contribution is 6.04. The molecule has 0 aromatic carbocycles. The monoisotopic (exact) mass is 370 g/mol. The van der Waals surface area contributed by atoms with Gasteiger partial charge in [0.25, 0.3) is 5.56 Å². The van der Waals surface area contributed by atoms with Gasteiger partial charge in [0.1, 0.15) is 17.8 Å². The smallest absolute Gasteiger partial charge is 0.291 e. The van der Waals surface area contributed by atoms with E-state index in [1.54, 1.807) is 6.20 Å². The number of carbonyl (C=O) groups is 1. The Morgan fingerprint density at radius 3 is 2.67 bits per heavy atom. The molecule has 27 heavy (non-hydrogen) atoms. The van der Waals surface area contributed by atoms with E-state index in [-0.39, 0.29) is 30.1 Å². The van der Waals surface area contributed by atoms with E-state index < -0.39 is 0 Å². The first kappa shape index (κ1) is 17.8. The van der Waals surface area contributed by atoms with Crippen LogP contribution in [0.25, 0.3) is 22.0 Å². The second-order valence-electron chi connectivity index (χ2n) is 7.62. The summed E-state index contributed by atoms with van der Waals surface area (Å²) in [4.78, 5) is 27.9. The highest BCUT2D eigenvalue weighted by Crippen LogP contribution is 2.29. The van der Waals surface area contributed by atoms with Crippen molar-refractivity contribution in [3.8, 4) is 0 Å². The lowest BCUT2D eigenvalue weighted by atomic mass is 9.97. The molecule has 1 fully saturated rings. The molecule has 4 rings (SSSR count). The standard InChI is InChI=1S/C20H26N4O3/c1-5-22-16-9-14(4)27-19(16)15-10-21-23(20(26)18(15)22)11-17(25)24-12(2)7-6-8-13(24)3/h9-10,12-13H,5-8,11H2,1-4H3/t12-,13+. The number of likely N-dealkylation sites (tertiary alicyclic amines) is 1. The van der Waals surface area contributed by atoms with Crippen LogP contribution in [0.15, 0.2) is 21.5 Å². The molecule has 7 heteroatoms. The molecule has 4 heterocycles. The first-order chi connectivity index (χ1) is 12.9. The summed E-state index contributed by atoms with van der Waals surface area (Å²) in [5, 5.41) is 4.98. The van der Waals surface area contributed by atoms with Crippen LogP contribution in [0.1, 0.15) is 45.8 Å². The fourth-order valence-corrected chi connectivity index (χ4v) is 4.48. The van der Waals surface area contributed by atoms with Crippen molar-refractivity contribution in [2.45, 2.75) is 72.1 Å². The topological polar surface area (TPSA) is 73.3 Å². The molecule has 0 aliphatic carbocycles. The molecule has 2 atom stereocenters. The first-order valence-electron chi connectivity index (χ1n) is 9.72. The number of rotatable bonds is 3. The number of aromatic nitrogens is 3. The van der Waals surface area contributed by atoms with E-state index >= 15 is 0 Å². The predicted octanol–water partition coefficient (Wildman–Crippen LogP) is 3.06. The van der Waals surface area contributed by atoms with Crippen LogP contribution in [0.2, 0.25) is 0 Å². The average Bonchev–Trinajstić information content (AvgIpc) is 3.12. The van der Waals surface area contributed by atoms with Gasteiger partial charge in [0.15, 0.2) is 5.58 Å². The van der Waals surface area contributed by atoms with Crippen LogP contribution < -0.4 is 5.56 Å². The van der Waals surface area contributed by atoms with Crippen molar-refractivity contribution in [3.63, 3.8) is 0 Å². The van der Waals surface area contributed by atoms with Gasteiger partial charge in [-0.15, -0.1) is 0 Å². The van der Waals surface area contributed by atoms with Crippen LogP contribution in [0.5, 0.6) is 0 Å². The molecule has 0 radical (unpaired) electrons. The Kier molecular flexibility index (Phi) is 4.32. The Hall–Kier alpha value is -2.57. The third-order valence-corrected chi connectivity index (χ3v) is 5.74. The van der Waals surface area contributed by atoms with Crippen molar-refractivity contribution in [3.05, 3.63) is 28.4 Å². The molecule has 0 unspecified atom stereocenters. The van der Waals surface area contributed by atoms with Gasteiger partial charge in [-0.25, -0.2) is 4.68 Å². The molecule has 1 saturated heterocycles. The number of hydrogen-bond acceptors (Lipinski definition) is 4. The zero-order valence-electron chi connectivity index (χ0n) is 16.4. The summed E-state index contributed by atoms with van der Waals surface area (Å²) in [5.74, 6) is 0.759. The van der Waals surface area contributed by atoms with Crippen molar-refractivity contribution in [1.29, 1.82) is 0 Å². The molecule has 1 aliphatic heterocycles. The van der Waals surface area contributed by atoms with E-state index in [1.165, 1.54) is 4.68 Å². The fraction of sp³-hybridized carbons (Fsp3) is 0.550. The Balaban J connectivity index is 1.76. The van der Waals surface area contributed by atoms with Crippen LogP contribution in [0, 0.1) is 6.92 Å². The maximum absolute atomic E-state index is 13.1. The largest absolute Gasteiger partial charge is 0.459 e. The van der Waals surface area contributed by atoms with E-state index in [9.17, 15) is 9.59 Å². The van der Waals surface area contributed by atoms with Crippen LogP contribution >= 0.6 is 0 Å². The molecule has 0 bridgehead atoms. The van der Waals surface area contributed by atoms with Gasteiger partial charge in [-0.1, -0.05) is 0 Å². The molecule has 1 aliphatic rings. The van der Waals surface area contributed by atoms with Gasteiger partial charge < -0.3 is 13.9 Å². The maximum atomic E-state index is 13.1. The van der Waals surface area contributed by atoms with E-state index in [0.717, 1.165) is 30.5 Å². The third-order valence-electron chi connectivity index (χ3n) is 5.74. The highest BCUT2D eigenvalue weighted by atomic mass is 16.3. The molecule has 0 N–H and O–H groups in total. The van der Waals surface area contributed by atoms with Gasteiger partial charge in [-0.3, -0.25) is 9.59 Å². The Morgan fingerprint density at radius 1 is 1.30 bits per heavy atom. The van der Waals surface area contributed by atoms with E-state index in [4.69, 9.17) is 4.42 Å². The van der Waals surface area contributed by atoms with Crippen LogP contribution in [0.3, 0.4) is 0 Å². The number of aryl methyl sites for hydroxylation is 2. The second-order valence-corrected chi connectivity index (χ2v) is 7.62. The normalized spacial score (nSPS) is 20.7. The van der Waals surface area contributed by atoms with Crippen LogP contribution in [-0.2, 0) is 17.9 Å². The summed E-state index contributed by atoms with van der Waals surface area (Å²) in [6, 6.07) is 2.33. The number of nitrogens with zero attached hydrogens (tertiary/aromatic N) is 4. The average molecular weight is 370 g/mol. The maximum Gasteiger partial charge on any atom is 0.291 e. The lowest BCUT2D eigenvalue weighted by Crippen LogP contribution is -2.49. The highest BCUT2D eigenvalue weighted by Gasteiger charge is 2.29. The number of fused-ring (bicyclic) bond motifs is 3. The SMILES string of the molecule is CCn1c2cc(C)oc2c2cnn(CC(=O)N3[C@H](C)CCC[C@@H]3C)c(=O)c21. The minimum Gasteiger partial charge on any atom is -0.459 e. The zero-order valence-corrected chi connectivity index (χ0v) is 16.4. The van der Waals surface area contributed by atoms with Crippen molar-refractivity contribution < 1.29 is 9.21 Å². The van der Waals surface area contributed by atoms with Gasteiger partial charge in [0.2, 0.25) is 5.91 Å². The molecule has 3 aromatic heterocycles. The summed E-state index contributed by atoms with van der Waals surface area (Å²) in [7, 11) is 0. The summed E-state index contributed by atoms with van der Waals surface area (Å²) < 4.78 is 9.01. The minimum absolute atomic E-state index is 0.0290. The number of amides is 1. The van der Waals surface area contributed by atoms with Gasteiger partial charge in [0.05, 0.1) is 17.1 Å². The number of carbonyl (C=O) groups excluding carboxylic acids is 1. The lowest BCUT2D eigenvalue weighted by Gasteiger charge is -2.39. The van der Waals surface area contributed by atoms with Crippen molar-refractivity contribution in [2.24, 2.45) is 0 Å². The van der Waals surface area contributed by atoms with E-state index in [0.29, 0.717) is 23.0 Å². The van der Waals surface area contributed by atoms with Gasteiger partial charge in [0, 0.05) is 24.7 Å². The van der Waals surface area contributed by atoms with Crippen LogP contribution in [0.4, 0.5) is 0 Å². The summed E-state index contributed by atoms with van der Waals surface area (Å²) in [5.41, 5.74) is 1.88. The van der Waals surface area contributed by atoms with E-state index in [1.807, 2.05) is 29.4 Å². The van der Waals surface area contributed by atoms with Gasteiger partial charge in [-0.05, 0) is 47.0 Å². The molecule has 3 aromatic rings.